The van der Waals surface area contributed by atoms with E-state index in [0.717, 1.165) is 35.7 Å². The summed E-state index contributed by atoms with van der Waals surface area (Å²) in [5, 5.41) is 18.9. The zero-order chi connectivity index (χ0) is 23.6. The van der Waals surface area contributed by atoms with E-state index < -0.39 is 0 Å². The van der Waals surface area contributed by atoms with Crippen molar-refractivity contribution < 1.29 is 14.2 Å². The maximum atomic E-state index is 8.91. The molecule has 1 aliphatic heterocycles. The van der Waals surface area contributed by atoms with Crippen LogP contribution in [0.3, 0.4) is 0 Å². The predicted octanol–water partition coefficient (Wildman–Crippen LogP) is 2.58. The van der Waals surface area contributed by atoms with Crippen LogP contribution in [0.4, 0.5) is 17.3 Å². The number of hydrogen-bond donors (Lipinski definition) is 3. The van der Waals surface area contributed by atoms with Gasteiger partial charge in [0, 0.05) is 50.3 Å². The third kappa shape index (κ3) is 6.39. The second-order valence-corrected chi connectivity index (χ2v) is 7.58. The number of methoxy groups -OCH3 is 1. The Morgan fingerprint density at radius 1 is 1.12 bits per heavy atom. The third-order valence-corrected chi connectivity index (χ3v) is 5.17. The van der Waals surface area contributed by atoms with Crippen molar-refractivity contribution in [1.82, 2.24) is 20.3 Å². The maximum Gasteiger partial charge on any atom is 0.158 e. The molecule has 0 bridgehead atoms. The van der Waals surface area contributed by atoms with E-state index in [2.05, 4.69) is 30.9 Å². The SMILES string of the molecule is COCCOc1ccc(-c2cnc(Nc3cnc(C#N)cn3)cc2NCC2CNCCO2)cc1. The van der Waals surface area contributed by atoms with Crippen molar-refractivity contribution in [2.75, 3.05) is 57.2 Å². The summed E-state index contributed by atoms with van der Waals surface area (Å²) >= 11 is 0. The molecule has 3 aromatic rings. The van der Waals surface area contributed by atoms with Crippen LogP contribution < -0.4 is 20.7 Å². The van der Waals surface area contributed by atoms with E-state index in [0.29, 0.717) is 38.0 Å². The fourth-order valence-corrected chi connectivity index (χ4v) is 3.43. The second kappa shape index (κ2) is 11.9. The molecule has 1 fully saturated rings. The quantitative estimate of drug-likeness (QED) is 0.388. The van der Waals surface area contributed by atoms with Gasteiger partial charge in [-0.3, -0.25) is 0 Å². The first kappa shape index (κ1) is 23.4. The first-order chi connectivity index (χ1) is 16.7. The van der Waals surface area contributed by atoms with Crippen LogP contribution in [0.2, 0.25) is 0 Å². The zero-order valence-electron chi connectivity index (χ0n) is 19.0. The molecule has 0 radical (unpaired) electrons. The number of ether oxygens (including phenoxy) is 3. The van der Waals surface area contributed by atoms with E-state index >= 15 is 0 Å². The lowest BCUT2D eigenvalue weighted by Gasteiger charge is -2.25. The van der Waals surface area contributed by atoms with Crippen LogP contribution in [0, 0.1) is 11.3 Å². The number of nitrogens with one attached hydrogen (secondary N) is 3. The van der Waals surface area contributed by atoms with Crippen molar-refractivity contribution in [3.8, 4) is 22.9 Å². The van der Waals surface area contributed by atoms with E-state index in [1.54, 1.807) is 7.11 Å². The van der Waals surface area contributed by atoms with Gasteiger partial charge in [-0.15, -0.1) is 0 Å². The van der Waals surface area contributed by atoms with Gasteiger partial charge in [-0.2, -0.15) is 5.26 Å². The van der Waals surface area contributed by atoms with Crippen molar-refractivity contribution >= 4 is 17.3 Å². The highest BCUT2D eigenvalue weighted by atomic mass is 16.5. The Labute approximate surface area is 198 Å². The fourth-order valence-electron chi connectivity index (χ4n) is 3.43. The van der Waals surface area contributed by atoms with Crippen molar-refractivity contribution in [3.05, 3.63) is 54.6 Å². The zero-order valence-corrected chi connectivity index (χ0v) is 19.0. The molecule has 0 saturated carbocycles. The first-order valence-electron chi connectivity index (χ1n) is 11.0. The summed E-state index contributed by atoms with van der Waals surface area (Å²) in [4.78, 5) is 12.8. The van der Waals surface area contributed by atoms with E-state index in [-0.39, 0.29) is 11.8 Å². The van der Waals surface area contributed by atoms with Crippen LogP contribution in [0.1, 0.15) is 5.69 Å². The monoisotopic (exact) mass is 461 g/mol. The summed E-state index contributed by atoms with van der Waals surface area (Å²) in [6.45, 7) is 4.05. The van der Waals surface area contributed by atoms with Gasteiger partial charge in [0.15, 0.2) is 5.69 Å². The smallest absolute Gasteiger partial charge is 0.158 e. The van der Waals surface area contributed by atoms with E-state index in [1.807, 2.05) is 42.6 Å². The Hall–Kier alpha value is -3.78. The Balaban J connectivity index is 1.54. The van der Waals surface area contributed by atoms with E-state index in [4.69, 9.17) is 19.5 Å². The van der Waals surface area contributed by atoms with Gasteiger partial charge in [0.2, 0.25) is 0 Å². The lowest BCUT2D eigenvalue weighted by molar-refractivity contribution is 0.0372. The normalized spacial score (nSPS) is 15.4. The number of nitrogens with zero attached hydrogens (tertiary/aromatic N) is 4. The van der Waals surface area contributed by atoms with Crippen LogP contribution in [0.25, 0.3) is 11.1 Å². The molecule has 1 aliphatic rings. The third-order valence-electron chi connectivity index (χ3n) is 5.17. The number of aromatic nitrogens is 3. The van der Waals surface area contributed by atoms with E-state index in [1.165, 1.54) is 12.4 Å². The average Bonchev–Trinajstić information content (AvgIpc) is 2.89. The lowest BCUT2D eigenvalue weighted by atomic mass is 10.1. The van der Waals surface area contributed by atoms with Crippen molar-refractivity contribution in [2.45, 2.75) is 6.10 Å². The van der Waals surface area contributed by atoms with Crippen molar-refractivity contribution in [2.24, 2.45) is 0 Å². The second-order valence-electron chi connectivity index (χ2n) is 7.58. The molecule has 1 unspecified atom stereocenters. The topological polar surface area (TPSA) is 126 Å². The van der Waals surface area contributed by atoms with Crippen LogP contribution in [0.15, 0.2) is 48.9 Å². The van der Waals surface area contributed by atoms with Gasteiger partial charge < -0.3 is 30.2 Å². The molecule has 1 atom stereocenters. The summed E-state index contributed by atoms with van der Waals surface area (Å²) in [6, 6.07) is 11.8. The number of pyridine rings is 1. The number of benzene rings is 1. The lowest BCUT2D eigenvalue weighted by Crippen LogP contribution is -2.42. The van der Waals surface area contributed by atoms with Crippen LogP contribution in [-0.4, -0.2) is 67.6 Å². The highest BCUT2D eigenvalue weighted by molar-refractivity contribution is 5.80. The number of anilines is 3. The largest absolute Gasteiger partial charge is 0.491 e. The molecule has 176 valence electrons. The summed E-state index contributed by atoms with van der Waals surface area (Å²) in [6.07, 6.45) is 4.81. The maximum absolute atomic E-state index is 8.91. The van der Waals surface area contributed by atoms with Gasteiger partial charge >= 0.3 is 0 Å². The Morgan fingerprint density at radius 2 is 1.97 bits per heavy atom. The Bertz CT molecular complexity index is 1100. The summed E-state index contributed by atoms with van der Waals surface area (Å²) < 4.78 is 16.5. The van der Waals surface area contributed by atoms with Gasteiger partial charge in [0.25, 0.3) is 0 Å². The van der Waals surface area contributed by atoms with Gasteiger partial charge in [0.05, 0.1) is 31.7 Å². The fraction of sp³-hybridized carbons (Fsp3) is 0.333. The molecule has 2 aromatic heterocycles. The molecule has 4 rings (SSSR count). The molecule has 0 aliphatic carbocycles. The molecule has 10 nitrogen and oxygen atoms in total. The molecule has 10 heteroatoms. The summed E-state index contributed by atoms with van der Waals surface area (Å²) in [5.41, 5.74) is 3.11. The molecule has 0 spiro atoms. The molecule has 1 saturated heterocycles. The van der Waals surface area contributed by atoms with E-state index in [9.17, 15) is 0 Å². The first-order valence-corrected chi connectivity index (χ1v) is 11.0. The minimum Gasteiger partial charge on any atom is -0.491 e. The number of nitriles is 1. The molecule has 3 heterocycles. The molecule has 0 amide bonds. The summed E-state index contributed by atoms with van der Waals surface area (Å²) in [5.74, 6) is 1.89. The number of morpholine rings is 1. The van der Waals surface area contributed by atoms with Crippen molar-refractivity contribution in [1.29, 1.82) is 5.26 Å². The van der Waals surface area contributed by atoms with Crippen molar-refractivity contribution in [3.63, 3.8) is 0 Å². The predicted molar refractivity (Wildman–Crippen MR) is 128 cm³/mol. The minimum absolute atomic E-state index is 0.0760. The Morgan fingerprint density at radius 3 is 2.68 bits per heavy atom. The highest BCUT2D eigenvalue weighted by Gasteiger charge is 2.15. The number of rotatable bonds is 10. The van der Waals surface area contributed by atoms with Crippen LogP contribution >= 0.6 is 0 Å². The Kier molecular flexibility index (Phi) is 8.18. The van der Waals surface area contributed by atoms with Crippen LogP contribution in [-0.2, 0) is 9.47 Å². The molecule has 1 aromatic carbocycles. The average molecular weight is 462 g/mol. The standard InChI is InChI=1S/C24H27N7O3/c1-32-8-9-34-19-4-2-17(3-5-19)21-15-30-23(31-24-16-27-18(11-25)12-29-24)10-22(21)28-14-20-13-26-6-7-33-20/h2-5,10,12,15-16,20,26H,6-9,13-14H2,1H3,(H2,28,29,30,31). The minimum atomic E-state index is 0.0760. The number of hydrogen-bond acceptors (Lipinski definition) is 10. The molecule has 3 N–H and O–H groups in total. The van der Waals surface area contributed by atoms with Crippen LogP contribution in [0.5, 0.6) is 5.75 Å². The van der Waals surface area contributed by atoms with Gasteiger partial charge in [0.1, 0.15) is 30.1 Å². The van der Waals surface area contributed by atoms with Gasteiger partial charge in [-0.1, -0.05) is 12.1 Å². The van der Waals surface area contributed by atoms with Gasteiger partial charge in [-0.25, -0.2) is 15.0 Å². The van der Waals surface area contributed by atoms with Gasteiger partial charge in [-0.05, 0) is 17.7 Å². The molecular weight excluding hydrogens is 434 g/mol. The summed E-state index contributed by atoms with van der Waals surface area (Å²) in [7, 11) is 1.65. The molecular formula is C24H27N7O3. The highest BCUT2D eigenvalue weighted by Crippen LogP contribution is 2.31. The molecule has 34 heavy (non-hydrogen) atoms.